The van der Waals surface area contributed by atoms with Crippen LogP contribution in [0.25, 0.3) is 10.8 Å². The molecular weight excluding hydrogens is 310 g/mol. The highest BCUT2D eigenvalue weighted by molar-refractivity contribution is 5.90. The molecule has 0 unspecified atom stereocenters. The molecule has 4 rings (SSSR count). The van der Waals surface area contributed by atoms with Crippen LogP contribution in [0.1, 0.15) is 30.5 Å². The van der Waals surface area contributed by atoms with Gasteiger partial charge in [-0.3, -0.25) is 4.79 Å². The molecule has 0 radical (unpaired) electrons. The maximum Gasteiger partial charge on any atom is 0.224 e. The van der Waals surface area contributed by atoms with Gasteiger partial charge in [-0.25, -0.2) is 0 Å². The fourth-order valence-corrected chi connectivity index (χ4v) is 3.49. The van der Waals surface area contributed by atoms with E-state index in [1.807, 2.05) is 60.7 Å². The third-order valence-corrected chi connectivity index (χ3v) is 5.10. The number of benzene rings is 3. The Balaban J connectivity index is 1.83. The Bertz CT molecular complexity index is 920. The molecule has 0 aliphatic heterocycles. The van der Waals surface area contributed by atoms with Crippen molar-refractivity contribution < 1.29 is 9.90 Å². The van der Waals surface area contributed by atoms with E-state index in [1.165, 1.54) is 0 Å². The second-order valence-corrected chi connectivity index (χ2v) is 6.89. The highest BCUT2D eigenvalue weighted by Gasteiger charge is 2.40. The molecule has 3 aromatic rings. The molecule has 0 bridgehead atoms. The van der Waals surface area contributed by atoms with E-state index in [4.69, 9.17) is 0 Å². The summed E-state index contributed by atoms with van der Waals surface area (Å²) in [5, 5.41) is 15.8. The minimum absolute atomic E-state index is 0.0636. The predicted octanol–water partition coefficient (Wildman–Crippen LogP) is 4.41. The standard InChI is InChI=1S/C22H21NO2/c1-14-13-18(14)22(25)23-21(16-8-3-2-4-9-16)20-17-10-6-5-7-15(17)11-12-19(20)24/h2-12,14,18,21,24H,13H2,1H3,(H,23,25)/t14-,18-,21+/m1/s1. The lowest BCUT2D eigenvalue weighted by molar-refractivity contribution is -0.123. The summed E-state index contributed by atoms with van der Waals surface area (Å²) in [5.74, 6) is 0.797. The van der Waals surface area contributed by atoms with Crippen LogP contribution < -0.4 is 5.32 Å². The van der Waals surface area contributed by atoms with Gasteiger partial charge in [-0.1, -0.05) is 67.6 Å². The van der Waals surface area contributed by atoms with Crippen LogP contribution >= 0.6 is 0 Å². The Labute approximate surface area is 147 Å². The average Bonchev–Trinajstić information content (AvgIpc) is 3.38. The summed E-state index contributed by atoms with van der Waals surface area (Å²) in [6.07, 6.45) is 0.939. The number of rotatable bonds is 4. The zero-order valence-electron chi connectivity index (χ0n) is 14.1. The van der Waals surface area contributed by atoms with Crippen molar-refractivity contribution in [2.75, 3.05) is 0 Å². The first kappa shape index (κ1) is 15.7. The molecule has 1 aliphatic rings. The van der Waals surface area contributed by atoms with Gasteiger partial charge in [0.05, 0.1) is 6.04 Å². The summed E-state index contributed by atoms with van der Waals surface area (Å²) in [6, 6.07) is 21.0. The number of amides is 1. The number of phenols is 1. The molecule has 0 saturated heterocycles. The lowest BCUT2D eigenvalue weighted by atomic mass is 9.92. The first-order valence-electron chi connectivity index (χ1n) is 8.71. The number of carbonyl (C=O) groups excluding carboxylic acids is 1. The molecule has 1 saturated carbocycles. The Morgan fingerprint density at radius 2 is 1.72 bits per heavy atom. The van der Waals surface area contributed by atoms with Crippen molar-refractivity contribution in [1.82, 2.24) is 5.32 Å². The molecule has 25 heavy (non-hydrogen) atoms. The number of phenolic OH excluding ortho intramolecular Hbond substituents is 1. The van der Waals surface area contributed by atoms with Gasteiger partial charge in [-0.15, -0.1) is 0 Å². The van der Waals surface area contributed by atoms with Crippen LogP contribution in [0.4, 0.5) is 0 Å². The van der Waals surface area contributed by atoms with E-state index in [0.29, 0.717) is 5.92 Å². The van der Waals surface area contributed by atoms with E-state index in [0.717, 1.165) is 28.3 Å². The summed E-state index contributed by atoms with van der Waals surface area (Å²) in [6.45, 7) is 2.09. The quantitative estimate of drug-likeness (QED) is 0.744. The Kier molecular flexibility index (Phi) is 3.92. The van der Waals surface area contributed by atoms with Crippen molar-refractivity contribution >= 4 is 16.7 Å². The van der Waals surface area contributed by atoms with Gasteiger partial charge >= 0.3 is 0 Å². The summed E-state index contributed by atoms with van der Waals surface area (Å²) < 4.78 is 0. The van der Waals surface area contributed by atoms with Gasteiger partial charge in [0.25, 0.3) is 0 Å². The maximum atomic E-state index is 12.6. The van der Waals surface area contributed by atoms with Crippen LogP contribution in [0.3, 0.4) is 0 Å². The van der Waals surface area contributed by atoms with Gasteiger partial charge in [0, 0.05) is 11.5 Å². The first-order valence-corrected chi connectivity index (χ1v) is 8.71. The van der Waals surface area contributed by atoms with Crippen LogP contribution in [0.5, 0.6) is 5.75 Å². The van der Waals surface area contributed by atoms with Gasteiger partial charge in [0.1, 0.15) is 5.75 Å². The molecule has 1 fully saturated rings. The Hall–Kier alpha value is -2.81. The van der Waals surface area contributed by atoms with Gasteiger partial charge in [-0.2, -0.15) is 0 Å². The van der Waals surface area contributed by atoms with Gasteiger partial charge in [0.15, 0.2) is 0 Å². The number of nitrogens with one attached hydrogen (secondary N) is 1. The summed E-state index contributed by atoms with van der Waals surface area (Å²) in [7, 11) is 0. The van der Waals surface area contributed by atoms with Crippen molar-refractivity contribution in [2.45, 2.75) is 19.4 Å². The van der Waals surface area contributed by atoms with Crippen molar-refractivity contribution in [1.29, 1.82) is 0 Å². The van der Waals surface area contributed by atoms with E-state index in [-0.39, 0.29) is 23.6 Å². The topological polar surface area (TPSA) is 49.3 Å². The van der Waals surface area contributed by atoms with E-state index in [9.17, 15) is 9.90 Å². The average molecular weight is 331 g/mol. The molecule has 3 nitrogen and oxygen atoms in total. The van der Waals surface area contributed by atoms with Crippen LogP contribution in [-0.4, -0.2) is 11.0 Å². The second-order valence-electron chi connectivity index (χ2n) is 6.89. The smallest absolute Gasteiger partial charge is 0.224 e. The molecule has 1 amide bonds. The molecule has 0 heterocycles. The largest absolute Gasteiger partial charge is 0.508 e. The molecule has 3 aromatic carbocycles. The highest BCUT2D eigenvalue weighted by Crippen LogP contribution is 2.40. The Morgan fingerprint density at radius 3 is 2.44 bits per heavy atom. The lowest BCUT2D eigenvalue weighted by Crippen LogP contribution is -2.31. The molecule has 0 aromatic heterocycles. The maximum absolute atomic E-state index is 12.6. The predicted molar refractivity (Wildman–Crippen MR) is 99.3 cm³/mol. The summed E-state index contributed by atoms with van der Waals surface area (Å²) in [5.41, 5.74) is 1.72. The SMILES string of the molecule is C[C@@H]1C[C@H]1C(=O)N[C@@H](c1ccccc1)c1c(O)ccc2ccccc12. The van der Waals surface area contributed by atoms with Crippen molar-refractivity contribution in [3.05, 3.63) is 77.9 Å². The lowest BCUT2D eigenvalue weighted by Gasteiger charge is -2.22. The molecule has 126 valence electrons. The zero-order valence-corrected chi connectivity index (χ0v) is 14.1. The van der Waals surface area contributed by atoms with E-state index in [2.05, 4.69) is 12.2 Å². The highest BCUT2D eigenvalue weighted by atomic mass is 16.3. The monoisotopic (exact) mass is 331 g/mol. The van der Waals surface area contributed by atoms with Crippen molar-refractivity contribution in [2.24, 2.45) is 11.8 Å². The van der Waals surface area contributed by atoms with Crippen LogP contribution in [-0.2, 0) is 4.79 Å². The fourth-order valence-electron chi connectivity index (χ4n) is 3.49. The van der Waals surface area contributed by atoms with Gasteiger partial charge < -0.3 is 10.4 Å². The molecule has 3 heteroatoms. The number of hydrogen-bond acceptors (Lipinski definition) is 2. The number of hydrogen-bond donors (Lipinski definition) is 2. The van der Waals surface area contributed by atoms with E-state index < -0.39 is 0 Å². The van der Waals surface area contributed by atoms with Crippen LogP contribution in [0.15, 0.2) is 66.7 Å². The van der Waals surface area contributed by atoms with Gasteiger partial charge in [-0.05, 0) is 34.7 Å². The molecule has 2 N–H and O–H groups in total. The minimum Gasteiger partial charge on any atom is -0.508 e. The van der Waals surface area contributed by atoms with E-state index in [1.54, 1.807) is 6.07 Å². The van der Waals surface area contributed by atoms with Gasteiger partial charge in [0.2, 0.25) is 5.91 Å². The van der Waals surface area contributed by atoms with Crippen molar-refractivity contribution in [3.63, 3.8) is 0 Å². The van der Waals surface area contributed by atoms with E-state index >= 15 is 0 Å². The Morgan fingerprint density at radius 1 is 1.04 bits per heavy atom. The molecule has 3 atom stereocenters. The van der Waals surface area contributed by atoms with Crippen LogP contribution in [0.2, 0.25) is 0 Å². The number of aromatic hydroxyl groups is 1. The normalized spacial score (nSPS) is 20.2. The molecular formula is C22H21NO2. The zero-order chi connectivity index (χ0) is 17.4. The third kappa shape index (κ3) is 2.98. The number of fused-ring (bicyclic) bond motifs is 1. The molecule has 1 aliphatic carbocycles. The second kappa shape index (κ2) is 6.25. The summed E-state index contributed by atoms with van der Waals surface area (Å²) >= 11 is 0. The molecule has 0 spiro atoms. The third-order valence-electron chi connectivity index (χ3n) is 5.10. The minimum atomic E-state index is -0.368. The summed E-state index contributed by atoms with van der Waals surface area (Å²) in [4.78, 5) is 12.6. The van der Waals surface area contributed by atoms with Crippen LogP contribution in [0, 0.1) is 11.8 Å². The number of carbonyl (C=O) groups is 1. The van der Waals surface area contributed by atoms with Crippen molar-refractivity contribution in [3.8, 4) is 5.75 Å². The first-order chi connectivity index (χ1) is 12.1. The fraction of sp³-hybridized carbons (Fsp3) is 0.227.